The highest BCUT2D eigenvalue weighted by Crippen LogP contribution is 2.26. The Balaban J connectivity index is 1.66. The number of benzene rings is 2. The zero-order chi connectivity index (χ0) is 19.6. The lowest BCUT2D eigenvalue weighted by atomic mass is 9.83. The van der Waals surface area contributed by atoms with Crippen LogP contribution in [0.5, 0.6) is 0 Å². The van der Waals surface area contributed by atoms with Gasteiger partial charge in [-0.3, -0.25) is 9.59 Å². The lowest BCUT2D eigenvalue weighted by Gasteiger charge is -2.39. The van der Waals surface area contributed by atoms with Crippen LogP contribution < -0.4 is 0 Å². The molecule has 1 aliphatic heterocycles. The number of hydrogen-bond acceptors (Lipinski definition) is 2. The highest BCUT2D eigenvalue weighted by Gasteiger charge is 2.35. The molecule has 3 rings (SSSR count). The average Bonchev–Trinajstić information content (AvgIpc) is 2.68. The van der Waals surface area contributed by atoms with Crippen LogP contribution in [0.15, 0.2) is 48.5 Å². The zero-order valence-electron chi connectivity index (χ0n) is 16.7. The summed E-state index contributed by atoms with van der Waals surface area (Å²) in [5, 5.41) is 0. The van der Waals surface area contributed by atoms with Gasteiger partial charge in [0.05, 0.1) is 5.41 Å². The summed E-state index contributed by atoms with van der Waals surface area (Å²) < 4.78 is 0. The average molecular weight is 364 g/mol. The van der Waals surface area contributed by atoms with Crippen LogP contribution in [0, 0.1) is 13.8 Å². The molecule has 142 valence electrons. The highest BCUT2D eigenvalue weighted by molar-refractivity contribution is 5.96. The van der Waals surface area contributed by atoms with Crippen LogP contribution in [0.25, 0.3) is 0 Å². The van der Waals surface area contributed by atoms with Gasteiger partial charge in [-0.05, 0) is 44.9 Å². The van der Waals surface area contributed by atoms with Gasteiger partial charge in [-0.2, -0.15) is 0 Å². The van der Waals surface area contributed by atoms with Gasteiger partial charge in [-0.1, -0.05) is 48.0 Å². The Morgan fingerprint density at radius 1 is 0.852 bits per heavy atom. The Morgan fingerprint density at radius 3 is 2.04 bits per heavy atom. The molecule has 0 atom stereocenters. The number of carbonyl (C=O) groups is 2. The molecule has 0 radical (unpaired) electrons. The second-order valence-corrected chi connectivity index (χ2v) is 7.89. The van der Waals surface area contributed by atoms with Crippen molar-refractivity contribution in [2.45, 2.75) is 33.1 Å². The summed E-state index contributed by atoms with van der Waals surface area (Å²) in [6.07, 6.45) is 0. The van der Waals surface area contributed by atoms with Crippen molar-refractivity contribution in [2.24, 2.45) is 0 Å². The molecule has 0 aliphatic carbocycles. The Morgan fingerprint density at radius 2 is 1.44 bits per heavy atom. The minimum Gasteiger partial charge on any atom is -0.338 e. The molecular weight excluding hydrogens is 336 g/mol. The molecule has 0 N–H and O–H groups in total. The Labute approximate surface area is 161 Å². The van der Waals surface area contributed by atoms with Crippen LogP contribution >= 0.6 is 0 Å². The molecule has 0 saturated carbocycles. The van der Waals surface area contributed by atoms with Gasteiger partial charge in [0.25, 0.3) is 5.91 Å². The van der Waals surface area contributed by atoms with Gasteiger partial charge in [0.1, 0.15) is 0 Å². The van der Waals surface area contributed by atoms with Gasteiger partial charge in [-0.25, -0.2) is 0 Å². The van der Waals surface area contributed by atoms with Gasteiger partial charge in [-0.15, -0.1) is 0 Å². The molecule has 0 aromatic heterocycles. The quantitative estimate of drug-likeness (QED) is 0.835. The number of rotatable bonds is 3. The molecule has 1 aliphatic rings. The van der Waals surface area contributed by atoms with E-state index in [0.29, 0.717) is 26.2 Å². The number of piperazine rings is 1. The van der Waals surface area contributed by atoms with Crippen molar-refractivity contribution in [3.8, 4) is 0 Å². The fourth-order valence-electron chi connectivity index (χ4n) is 3.71. The van der Waals surface area contributed by atoms with E-state index in [1.807, 2.05) is 86.0 Å². The molecular formula is C23H28N2O2. The smallest absolute Gasteiger partial charge is 0.254 e. The SMILES string of the molecule is Cc1ccc(C(=O)N2CCN(C(=O)C(C)(C)c3ccccc3)CC2)c(C)c1. The van der Waals surface area contributed by atoms with E-state index in [1.54, 1.807) is 0 Å². The number of hydrogen-bond donors (Lipinski definition) is 0. The molecule has 2 aromatic rings. The molecule has 0 unspecified atom stereocenters. The second kappa shape index (κ2) is 7.55. The van der Waals surface area contributed by atoms with Crippen molar-refractivity contribution in [2.75, 3.05) is 26.2 Å². The van der Waals surface area contributed by atoms with Crippen LogP contribution in [-0.4, -0.2) is 47.8 Å². The molecule has 2 aromatic carbocycles. The van der Waals surface area contributed by atoms with E-state index in [-0.39, 0.29) is 11.8 Å². The van der Waals surface area contributed by atoms with Crippen LogP contribution in [0.2, 0.25) is 0 Å². The number of aryl methyl sites for hydroxylation is 2. The van der Waals surface area contributed by atoms with Crippen molar-refractivity contribution in [1.29, 1.82) is 0 Å². The normalized spacial score (nSPS) is 15.0. The predicted octanol–water partition coefficient (Wildman–Crippen LogP) is 3.57. The highest BCUT2D eigenvalue weighted by atomic mass is 16.2. The maximum Gasteiger partial charge on any atom is 0.254 e. The van der Waals surface area contributed by atoms with E-state index in [4.69, 9.17) is 0 Å². The number of carbonyl (C=O) groups excluding carboxylic acids is 2. The lowest BCUT2D eigenvalue weighted by molar-refractivity contribution is -0.137. The summed E-state index contributed by atoms with van der Waals surface area (Å²) in [4.78, 5) is 29.7. The first-order valence-electron chi connectivity index (χ1n) is 9.52. The van der Waals surface area contributed by atoms with Gasteiger partial charge in [0.15, 0.2) is 0 Å². The minimum atomic E-state index is -0.568. The fourth-order valence-corrected chi connectivity index (χ4v) is 3.71. The van der Waals surface area contributed by atoms with Crippen molar-refractivity contribution >= 4 is 11.8 Å². The number of amides is 2. The first kappa shape index (κ1) is 19.2. The summed E-state index contributed by atoms with van der Waals surface area (Å²) in [5.74, 6) is 0.175. The Bertz CT molecular complexity index is 835. The van der Waals surface area contributed by atoms with E-state index in [1.165, 1.54) is 0 Å². The summed E-state index contributed by atoms with van der Waals surface area (Å²) in [6.45, 7) is 10.2. The lowest BCUT2D eigenvalue weighted by Crippen LogP contribution is -2.54. The standard InChI is InChI=1S/C23H28N2O2/c1-17-10-11-20(18(2)16-17)21(26)24-12-14-25(15-13-24)22(27)23(3,4)19-8-6-5-7-9-19/h5-11,16H,12-15H2,1-4H3. The zero-order valence-corrected chi connectivity index (χ0v) is 16.7. The molecule has 27 heavy (non-hydrogen) atoms. The molecule has 4 heteroatoms. The van der Waals surface area contributed by atoms with Gasteiger partial charge >= 0.3 is 0 Å². The molecule has 1 heterocycles. The van der Waals surface area contributed by atoms with E-state index in [9.17, 15) is 9.59 Å². The van der Waals surface area contributed by atoms with Crippen LogP contribution in [0.1, 0.15) is 40.9 Å². The molecule has 0 spiro atoms. The van der Waals surface area contributed by atoms with E-state index >= 15 is 0 Å². The topological polar surface area (TPSA) is 40.6 Å². The van der Waals surface area contributed by atoms with Gasteiger partial charge in [0, 0.05) is 31.7 Å². The van der Waals surface area contributed by atoms with Crippen LogP contribution in [-0.2, 0) is 10.2 Å². The third-order valence-corrected chi connectivity index (χ3v) is 5.50. The molecule has 1 fully saturated rings. The maximum absolute atomic E-state index is 13.1. The first-order valence-corrected chi connectivity index (χ1v) is 9.52. The van der Waals surface area contributed by atoms with Crippen molar-refractivity contribution in [3.05, 3.63) is 70.8 Å². The summed E-state index contributed by atoms with van der Waals surface area (Å²) >= 11 is 0. The fraction of sp³-hybridized carbons (Fsp3) is 0.391. The first-order chi connectivity index (χ1) is 12.8. The third kappa shape index (κ3) is 3.90. The maximum atomic E-state index is 13.1. The predicted molar refractivity (Wildman–Crippen MR) is 108 cm³/mol. The number of nitrogens with zero attached hydrogens (tertiary/aromatic N) is 2. The monoisotopic (exact) mass is 364 g/mol. The van der Waals surface area contributed by atoms with Crippen molar-refractivity contribution < 1.29 is 9.59 Å². The van der Waals surface area contributed by atoms with Crippen LogP contribution in [0.4, 0.5) is 0 Å². The summed E-state index contributed by atoms with van der Waals surface area (Å²) in [5.41, 5.74) is 3.36. The molecule has 0 bridgehead atoms. The molecule has 2 amide bonds. The Kier molecular flexibility index (Phi) is 5.36. The second-order valence-electron chi connectivity index (χ2n) is 7.89. The van der Waals surface area contributed by atoms with Crippen LogP contribution in [0.3, 0.4) is 0 Å². The van der Waals surface area contributed by atoms with Gasteiger partial charge in [0.2, 0.25) is 5.91 Å². The van der Waals surface area contributed by atoms with E-state index in [2.05, 4.69) is 0 Å². The van der Waals surface area contributed by atoms with Gasteiger partial charge < -0.3 is 9.80 Å². The molecule has 4 nitrogen and oxygen atoms in total. The van der Waals surface area contributed by atoms with Crippen molar-refractivity contribution in [1.82, 2.24) is 9.80 Å². The summed E-state index contributed by atoms with van der Waals surface area (Å²) in [6, 6.07) is 15.8. The molecule has 1 saturated heterocycles. The summed E-state index contributed by atoms with van der Waals surface area (Å²) in [7, 11) is 0. The third-order valence-electron chi connectivity index (χ3n) is 5.50. The minimum absolute atomic E-state index is 0.0573. The van der Waals surface area contributed by atoms with Crippen molar-refractivity contribution in [3.63, 3.8) is 0 Å². The largest absolute Gasteiger partial charge is 0.338 e. The van der Waals surface area contributed by atoms with E-state index in [0.717, 1.165) is 22.3 Å². The van der Waals surface area contributed by atoms with E-state index < -0.39 is 5.41 Å². The Hall–Kier alpha value is -2.62.